The summed E-state index contributed by atoms with van der Waals surface area (Å²) in [6, 6.07) is 0. The van der Waals surface area contributed by atoms with Gasteiger partial charge in [0.1, 0.15) is 6.29 Å². The van der Waals surface area contributed by atoms with Gasteiger partial charge in [-0.05, 0) is 13.0 Å². The summed E-state index contributed by atoms with van der Waals surface area (Å²) in [6.07, 6.45) is 15.3. The Morgan fingerprint density at radius 3 is 1.64 bits per heavy atom. The van der Waals surface area contributed by atoms with Crippen LogP contribution in [0.4, 0.5) is 0 Å². The van der Waals surface area contributed by atoms with Crippen LogP contribution in [0.25, 0.3) is 0 Å². The first-order valence-corrected chi connectivity index (χ1v) is 3.48. The van der Waals surface area contributed by atoms with Crippen molar-refractivity contribution in [2.45, 2.75) is 6.92 Å². The summed E-state index contributed by atoms with van der Waals surface area (Å²) in [6.45, 7) is 1.96. The van der Waals surface area contributed by atoms with E-state index in [2.05, 4.69) is 0 Å². The highest BCUT2D eigenvalue weighted by Gasteiger charge is 1.61. The van der Waals surface area contributed by atoms with Gasteiger partial charge in [-0.15, -0.1) is 0 Å². The van der Waals surface area contributed by atoms with E-state index in [0.717, 1.165) is 6.29 Å². The van der Waals surface area contributed by atoms with Crippen LogP contribution in [0.2, 0.25) is 0 Å². The molecule has 1 heteroatoms. The fourth-order valence-corrected chi connectivity index (χ4v) is 0.477. The Hall–Kier alpha value is -1.37. The largest absolute Gasteiger partial charge is 0.299 e. The normalized spacial score (nSPS) is 12.8. The van der Waals surface area contributed by atoms with Gasteiger partial charge < -0.3 is 0 Å². The molecule has 0 aliphatic carbocycles. The number of hydrogen-bond acceptors (Lipinski definition) is 1. The Morgan fingerprint density at radius 1 is 0.727 bits per heavy atom. The molecule has 1 nitrogen and oxygen atoms in total. The first-order chi connectivity index (χ1) is 5.41. The molecule has 0 aliphatic heterocycles. The van der Waals surface area contributed by atoms with E-state index >= 15 is 0 Å². The quantitative estimate of drug-likeness (QED) is 0.340. The Kier molecular flexibility index (Phi) is 7.56. The number of aldehydes is 1. The highest BCUT2D eigenvalue weighted by atomic mass is 16.1. The molecule has 0 saturated carbocycles. The average Bonchev–Trinajstić information content (AvgIpc) is 2.03. The van der Waals surface area contributed by atoms with Gasteiger partial charge in [-0.25, -0.2) is 0 Å². The molecule has 58 valence electrons. The van der Waals surface area contributed by atoms with E-state index in [1.54, 1.807) is 12.2 Å². The number of allylic oxidation sites excluding steroid dienone is 8. The second-order valence-corrected chi connectivity index (χ2v) is 1.82. The number of rotatable bonds is 4. The summed E-state index contributed by atoms with van der Waals surface area (Å²) >= 11 is 0. The van der Waals surface area contributed by atoms with Gasteiger partial charge in [0.05, 0.1) is 0 Å². The molecule has 0 atom stereocenters. The van der Waals surface area contributed by atoms with Crippen LogP contribution < -0.4 is 0 Å². The summed E-state index contributed by atoms with van der Waals surface area (Å²) in [5.74, 6) is 0. The van der Waals surface area contributed by atoms with E-state index < -0.39 is 0 Å². The van der Waals surface area contributed by atoms with Gasteiger partial charge in [-0.3, -0.25) is 4.79 Å². The third kappa shape index (κ3) is 8.63. The molecule has 0 aromatic heterocycles. The van der Waals surface area contributed by atoms with Crippen molar-refractivity contribution in [3.05, 3.63) is 48.6 Å². The Balaban J connectivity index is 3.59. The third-order valence-corrected chi connectivity index (χ3v) is 0.938. The number of carbonyl (C=O) groups is 1. The van der Waals surface area contributed by atoms with Crippen molar-refractivity contribution < 1.29 is 4.79 Å². The van der Waals surface area contributed by atoms with Crippen LogP contribution in [0.15, 0.2) is 48.6 Å². The molecule has 0 aromatic carbocycles. The van der Waals surface area contributed by atoms with Gasteiger partial charge in [-0.1, -0.05) is 42.5 Å². The van der Waals surface area contributed by atoms with Crippen LogP contribution in [0.5, 0.6) is 0 Å². The molecule has 0 aromatic rings. The van der Waals surface area contributed by atoms with Crippen LogP contribution in [-0.2, 0) is 4.79 Å². The molecular formula is C10H12O. The molecule has 0 unspecified atom stereocenters. The maximum Gasteiger partial charge on any atom is 0.142 e. The molecular weight excluding hydrogens is 136 g/mol. The topological polar surface area (TPSA) is 17.1 Å². The third-order valence-electron chi connectivity index (χ3n) is 0.938. The van der Waals surface area contributed by atoms with Crippen molar-refractivity contribution >= 4 is 6.29 Å². The molecule has 0 aliphatic rings. The molecule has 0 N–H and O–H groups in total. The fraction of sp³-hybridized carbons (Fsp3) is 0.100. The first-order valence-electron chi connectivity index (χ1n) is 3.48. The van der Waals surface area contributed by atoms with E-state index in [1.807, 2.05) is 37.3 Å². The predicted octanol–water partition coefficient (Wildman–Crippen LogP) is 2.43. The minimum absolute atomic E-state index is 0.750. The zero-order chi connectivity index (χ0) is 8.36. The molecule has 0 spiro atoms. The van der Waals surface area contributed by atoms with Crippen molar-refractivity contribution in [1.29, 1.82) is 0 Å². The standard InChI is InChI=1S/C10H12O/c1-2-3-4-5-6-7-8-9-10-11/h2-10H,1H3. The Labute approximate surface area is 67.4 Å². The molecule has 0 radical (unpaired) electrons. The molecule has 0 amide bonds. The lowest BCUT2D eigenvalue weighted by Crippen LogP contribution is -1.55. The smallest absolute Gasteiger partial charge is 0.142 e. The summed E-state index contributed by atoms with van der Waals surface area (Å²) in [5.41, 5.74) is 0. The Morgan fingerprint density at radius 2 is 1.18 bits per heavy atom. The van der Waals surface area contributed by atoms with Gasteiger partial charge in [0.2, 0.25) is 0 Å². The van der Waals surface area contributed by atoms with Gasteiger partial charge in [0.25, 0.3) is 0 Å². The molecule has 0 fully saturated rings. The van der Waals surface area contributed by atoms with E-state index in [-0.39, 0.29) is 0 Å². The maximum atomic E-state index is 9.79. The van der Waals surface area contributed by atoms with Crippen LogP contribution in [0.3, 0.4) is 0 Å². The first kappa shape index (κ1) is 9.63. The lowest BCUT2D eigenvalue weighted by molar-refractivity contribution is -0.104. The second kappa shape index (κ2) is 8.63. The zero-order valence-electron chi connectivity index (χ0n) is 6.60. The van der Waals surface area contributed by atoms with E-state index in [1.165, 1.54) is 6.08 Å². The highest BCUT2D eigenvalue weighted by molar-refractivity contribution is 5.65. The molecule has 11 heavy (non-hydrogen) atoms. The summed E-state index contributed by atoms with van der Waals surface area (Å²) in [5, 5.41) is 0. The van der Waals surface area contributed by atoms with Crippen molar-refractivity contribution in [2.24, 2.45) is 0 Å². The van der Waals surface area contributed by atoms with Crippen LogP contribution in [0.1, 0.15) is 6.92 Å². The molecule has 0 saturated heterocycles. The highest BCUT2D eigenvalue weighted by Crippen LogP contribution is 1.80. The van der Waals surface area contributed by atoms with Gasteiger partial charge >= 0.3 is 0 Å². The van der Waals surface area contributed by atoms with Crippen LogP contribution in [0, 0.1) is 0 Å². The van der Waals surface area contributed by atoms with Gasteiger partial charge in [-0.2, -0.15) is 0 Å². The van der Waals surface area contributed by atoms with Crippen molar-refractivity contribution in [3.63, 3.8) is 0 Å². The molecule has 0 heterocycles. The van der Waals surface area contributed by atoms with E-state index in [0.29, 0.717) is 0 Å². The lowest BCUT2D eigenvalue weighted by atomic mass is 10.4. The van der Waals surface area contributed by atoms with Crippen LogP contribution in [-0.4, -0.2) is 6.29 Å². The summed E-state index contributed by atoms with van der Waals surface area (Å²) in [4.78, 5) is 9.79. The number of carbonyl (C=O) groups excluding carboxylic acids is 1. The zero-order valence-corrected chi connectivity index (χ0v) is 6.60. The maximum absolute atomic E-state index is 9.79. The monoisotopic (exact) mass is 148 g/mol. The van der Waals surface area contributed by atoms with Crippen molar-refractivity contribution in [1.82, 2.24) is 0 Å². The predicted molar refractivity (Wildman–Crippen MR) is 48.3 cm³/mol. The van der Waals surface area contributed by atoms with Crippen LogP contribution >= 0.6 is 0 Å². The molecule has 0 bridgehead atoms. The van der Waals surface area contributed by atoms with Crippen molar-refractivity contribution in [3.8, 4) is 0 Å². The van der Waals surface area contributed by atoms with E-state index in [9.17, 15) is 4.79 Å². The minimum Gasteiger partial charge on any atom is -0.299 e. The van der Waals surface area contributed by atoms with Crippen molar-refractivity contribution in [2.75, 3.05) is 0 Å². The fourth-order valence-electron chi connectivity index (χ4n) is 0.477. The minimum atomic E-state index is 0.750. The average molecular weight is 148 g/mol. The van der Waals surface area contributed by atoms with Gasteiger partial charge in [0.15, 0.2) is 0 Å². The second-order valence-electron chi connectivity index (χ2n) is 1.82. The SMILES string of the molecule is CC=CC=CC=CC=CC=O. The summed E-state index contributed by atoms with van der Waals surface area (Å²) < 4.78 is 0. The molecule has 0 rings (SSSR count). The lowest BCUT2D eigenvalue weighted by Gasteiger charge is -1.71. The van der Waals surface area contributed by atoms with Gasteiger partial charge in [0, 0.05) is 0 Å². The number of hydrogen-bond donors (Lipinski definition) is 0. The summed E-state index contributed by atoms with van der Waals surface area (Å²) in [7, 11) is 0. The van der Waals surface area contributed by atoms with E-state index in [4.69, 9.17) is 0 Å². The Bertz CT molecular complexity index is 195.